The van der Waals surface area contributed by atoms with Gasteiger partial charge in [0.2, 0.25) is 0 Å². The van der Waals surface area contributed by atoms with E-state index >= 15 is 0 Å². The highest BCUT2D eigenvalue weighted by Crippen LogP contribution is 2.55. The summed E-state index contributed by atoms with van der Waals surface area (Å²) in [6.45, 7) is 0. The SMILES string of the molecule is c1ccc(C2=NC(c3ccc4c5c(cccc35)-c3c(-c5ccccc5)ccc(-c5ccccc5)c3-4)NC(c3ccccc3)=N2)cc1. The van der Waals surface area contributed by atoms with Crippen molar-refractivity contribution in [3.05, 3.63) is 180 Å². The van der Waals surface area contributed by atoms with E-state index in [1.54, 1.807) is 0 Å². The molecule has 7 aromatic carbocycles. The molecule has 2 aliphatic rings. The smallest absolute Gasteiger partial charge is 0.159 e. The van der Waals surface area contributed by atoms with E-state index in [9.17, 15) is 0 Å². The molecule has 3 nitrogen and oxygen atoms in total. The van der Waals surface area contributed by atoms with Crippen LogP contribution in [-0.4, -0.2) is 11.7 Å². The first-order chi connectivity index (χ1) is 22.8. The Labute approximate surface area is 268 Å². The van der Waals surface area contributed by atoms with Gasteiger partial charge in [-0.25, -0.2) is 9.98 Å². The van der Waals surface area contributed by atoms with Gasteiger partial charge in [-0.1, -0.05) is 164 Å². The minimum absolute atomic E-state index is 0.307. The number of nitrogens with zero attached hydrogens (tertiary/aromatic N) is 2. The van der Waals surface area contributed by atoms with Crippen LogP contribution in [0.3, 0.4) is 0 Å². The van der Waals surface area contributed by atoms with Gasteiger partial charge < -0.3 is 5.32 Å². The number of benzene rings is 7. The second-order valence-corrected chi connectivity index (χ2v) is 11.8. The molecule has 46 heavy (non-hydrogen) atoms. The minimum atomic E-state index is -0.307. The van der Waals surface area contributed by atoms with Gasteiger partial charge >= 0.3 is 0 Å². The fourth-order valence-electron chi connectivity index (χ4n) is 7.03. The fourth-order valence-corrected chi connectivity index (χ4v) is 7.03. The van der Waals surface area contributed by atoms with E-state index in [1.807, 2.05) is 36.4 Å². The van der Waals surface area contributed by atoms with Crippen LogP contribution in [0.15, 0.2) is 174 Å². The summed E-state index contributed by atoms with van der Waals surface area (Å²) in [4.78, 5) is 10.2. The van der Waals surface area contributed by atoms with Gasteiger partial charge in [-0.2, -0.15) is 0 Å². The molecule has 1 atom stereocenters. The van der Waals surface area contributed by atoms with Crippen molar-refractivity contribution in [1.82, 2.24) is 5.32 Å². The molecule has 0 aromatic heterocycles. The Hall–Kier alpha value is -6.06. The maximum Gasteiger partial charge on any atom is 0.159 e. The zero-order valence-electron chi connectivity index (χ0n) is 25.1. The summed E-state index contributed by atoms with van der Waals surface area (Å²) in [6.07, 6.45) is -0.307. The molecule has 1 aliphatic heterocycles. The van der Waals surface area contributed by atoms with Gasteiger partial charge in [-0.3, -0.25) is 0 Å². The van der Waals surface area contributed by atoms with Gasteiger partial charge in [0.1, 0.15) is 12.0 Å². The lowest BCUT2D eigenvalue weighted by Crippen LogP contribution is -2.33. The highest BCUT2D eigenvalue weighted by Gasteiger charge is 2.30. The number of amidine groups is 2. The average Bonchev–Trinajstić information content (AvgIpc) is 3.48. The first-order valence-electron chi connectivity index (χ1n) is 15.7. The van der Waals surface area contributed by atoms with E-state index < -0.39 is 0 Å². The number of fused-ring (bicyclic) bond motifs is 3. The molecule has 1 heterocycles. The van der Waals surface area contributed by atoms with Crippen molar-refractivity contribution in [3.63, 3.8) is 0 Å². The van der Waals surface area contributed by atoms with Crippen LogP contribution in [-0.2, 0) is 0 Å². The van der Waals surface area contributed by atoms with E-state index in [0.717, 1.165) is 28.4 Å². The zero-order chi connectivity index (χ0) is 30.5. The lowest BCUT2D eigenvalue weighted by molar-refractivity contribution is 0.680. The summed E-state index contributed by atoms with van der Waals surface area (Å²) in [5, 5.41) is 6.17. The average molecular weight is 588 g/mol. The van der Waals surface area contributed by atoms with Crippen LogP contribution < -0.4 is 5.32 Å². The number of nitrogens with one attached hydrogen (secondary N) is 1. The molecule has 1 unspecified atom stereocenters. The molecule has 0 saturated carbocycles. The number of hydrogen-bond acceptors (Lipinski definition) is 3. The maximum absolute atomic E-state index is 5.23. The van der Waals surface area contributed by atoms with Gasteiger partial charge in [0.05, 0.1) is 0 Å². The van der Waals surface area contributed by atoms with Crippen LogP contribution in [0.25, 0.3) is 55.3 Å². The molecule has 0 radical (unpaired) electrons. The van der Waals surface area contributed by atoms with Crippen LogP contribution in [0.2, 0.25) is 0 Å². The summed E-state index contributed by atoms with van der Waals surface area (Å²) in [7, 11) is 0. The maximum atomic E-state index is 5.23. The van der Waals surface area contributed by atoms with Crippen molar-refractivity contribution in [2.24, 2.45) is 9.98 Å². The lowest BCUT2D eigenvalue weighted by Gasteiger charge is -2.25. The molecule has 0 fully saturated rings. The third kappa shape index (κ3) is 4.28. The van der Waals surface area contributed by atoms with E-state index in [1.165, 1.54) is 55.3 Å². The summed E-state index contributed by atoms with van der Waals surface area (Å²) < 4.78 is 0. The van der Waals surface area contributed by atoms with Gasteiger partial charge in [0.15, 0.2) is 5.84 Å². The second-order valence-electron chi connectivity index (χ2n) is 11.8. The molecule has 9 rings (SSSR count). The molecule has 7 aromatic rings. The van der Waals surface area contributed by atoms with Gasteiger partial charge in [0.25, 0.3) is 0 Å². The Bertz CT molecular complexity index is 2230. The Morgan fingerprint density at radius 1 is 0.413 bits per heavy atom. The van der Waals surface area contributed by atoms with Crippen molar-refractivity contribution in [1.29, 1.82) is 0 Å². The van der Waals surface area contributed by atoms with Crippen LogP contribution in [0.4, 0.5) is 0 Å². The van der Waals surface area contributed by atoms with Gasteiger partial charge in [0, 0.05) is 16.7 Å². The molecule has 0 saturated heterocycles. The Kier molecular flexibility index (Phi) is 6.20. The number of aliphatic imine (C=N–C) groups is 2. The summed E-state index contributed by atoms with van der Waals surface area (Å²) in [5.74, 6) is 1.55. The Balaban J connectivity index is 1.27. The number of hydrogen-bond donors (Lipinski definition) is 1. The van der Waals surface area contributed by atoms with E-state index in [-0.39, 0.29) is 6.17 Å². The first kappa shape index (κ1) is 26.4. The molecule has 3 heteroatoms. The largest absolute Gasteiger partial charge is 0.344 e. The highest BCUT2D eigenvalue weighted by atomic mass is 15.2. The summed E-state index contributed by atoms with van der Waals surface area (Å²) in [5.41, 5.74) is 13.2. The predicted octanol–water partition coefficient (Wildman–Crippen LogP) is 10.3. The van der Waals surface area contributed by atoms with Crippen molar-refractivity contribution in [2.75, 3.05) is 0 Å². The van der Waals surface area contributed by atoms with Crippen molar-refractivity contribution in [2.45, 2.75) is 6.17 Å². The molecule has 1 N–H and O–H groups in total. The second kappa shape index (κ2) is 10.8. The van der Waals surface area contributed by atoms with Crippen molar-refractivity contribution in [3.8, 4) is 44.5 Å². The van der Waals surface area contributed by atoms with E-state index in [2.05, 4.69) is 133 Å². The topological polar surface area (TPSA) is 36.8 Å². The first-order valence-corrected chi connectivity index (χ1v) is 15.7. The zero-order valence-corrected chi connectivity index (χ0v) is 25.1. The summed E-state index contributed by atoms with van der Waals surface area (Å²) in [6, 6.07) is 58.0. The quantitative estimate of drug-likeness (QED) is 0.214. The normalized spacial score (nSPS) is 14.7. The lowest BCUT2D eigenvalue weighted by atomic mass is 9.88. The third-order valence-electron chi connectivity index (χ3n) is 9.10. The van der Waals surface area contributed by atoms with Crippen LogP contribution in [0.5, 0.6) is 0 Å². The van der Waals surface area contributed by atoms with Crippen molar-refractivity contribution >= 4 is 22.4 Å². The summed E-state index contributed by atoms with van der Waals surface area (Å²) >= 11 is 0. The highest BCUT2D eigenvalue weighted by molar-refractivity contribution is 6.22. The molecule has 0 amide bonds. The van der Waals surface area contributed by atoms with Crippen LogP contribution >= 0.6 is 0 Å². The molecule has 0 spiro atoms. The van der Waals surface area contributed by atoms with Gasteiger partial charge in [-0.15, -0.1) is 0 Å². The standard InChI is InChI=1S/C43H29N3/c1-5-14-28(15-6-1)32-24-25-33(29-16-7-2-8-17-29)40-37-27-26-35(34-22-13-23-36(38(34)37)39(32)40)43-45-41(30-18-9-3-10-19-30)44-42(46-43)31-20-11-4-12-21-31/h1-27,43H,(H,44,45,46). The van der Waals surface area contributed by atoms with Crippen LogP contribution in [0, 0.1) is 0 Å². The van der Waals surface area contributed by atoms with Crippen molar-refractivity contribution < 1.29 is 0 Å². The minimum Gasteiger partial charge on any atom is -0.344 e. The molecule has 0 bridgehead atoms. The van der Waals surface area contributed by atoms with Gasteiger partial charge in [-0.05, 0) is 55.3 Å². The molecule has 216 valence electrons. The monoisotopic (exact) mass is 587 g/mol. The van der Waals surface area contributed by atoms with E-state index in [0.29, 0.717) is 0 Å². The van der Waals surface area contributed by atoms with Crippen LogP contribution in [0.1, 0.15) is 22.9 Å². The molecule has 1 aliphatic carbocycles. The molecular formula is C43H29N3. The fraction of sp³-hybridized carbons (Fsp3) is 0.0233. The Morgan fingerprint density at radius 3 is 1.50 bits per heavy atom. The molecular weight excluding hydrogens is 558 g/mol. The third-order valence-corrected chi connectivity index (χ3v) is 9.10. The predicted molar refractivity (Wildman–Crippen MR) is 191 cm³/mol. The Morgan fingerprint density at radius 2 is 0.913 bits per heavy atom. The van der Waals surface area contributed by atoms with E-state index in [4.69, 9.17) is 9.98 Å². The number of rotatable bonds is 5.